The zero-order valence-electron chi connectivity index (χ0n) is 8.29. The van der Waals surface area contributed by atoms with E-state index in [1.54, 1.807) is 6.26 Å². The molecule has 1 aliphatic rings. The molecule has 1 aromatic heterocycles. The molecule has 0 aliphatic carbocycles. The molecule has 5 heteroatoms. The second-order valence-corrected chi connectivity index (χ2v) is 4.73. The number of hydrogen-bond donors (Lipinski definition) is 0. The Kier molecular flexibility index (Phi) is 4.08. The Morgan fingerprint density at radius 2 is 2.47 bits per heavy atom. The van der Waals surface area contributed by atoms with Crippen molar-refractivity contribution in [1.82, 2.24) is 4.90 Å². The van der Waals surface area contributed by atoms with Crippen LogP contribution in [0.25, 0.3) is 0 Å². The third-order valence-corrected chi connectivity index (χ3v) is 3.18. The van der Waals surface area contributed by atoms with Crippen molar-refractivity contribution in [2.75, 3.05) is 25.6 Å². The van der Waals surface area contributed by atoms with Gasteiger partial charge >= 0.3 is 0 Å². The van der Waals surface area contributed by atoms with E-state index in [-0.39, 0.29) is 6.10 Å². The van der Waals surface area contributed by atoms with Crippen molar-refractivity contribution < 1.29 is 9.15 Å². The fourth-order valence-electron chi connectivity index (χ4n) is 1.70. The van der Waals surface area contributed by atoms with Crippen LogP contribution in [0.4, 0.5) is 0 Å². The van der Waals surface area contributed by atoms with Gasteiger partial charge in [0.2, 0.25) is 0 Å². The minimum Gasteiger partial charge on any atom is -0.457 e. The molecule has 1 aromatic rings. The van der Waals surface area contributed by atoms with Crippen LogP contribution >= 0.6 is 27.5 Å². The largest absolute Gasteiger partial charge is 0.457 e. The fourth-order valence-corrected chi connectivity index (χ4v) is 2.28. The molecule has 0 saturated carbocycles. The van der Waals surface area contributed by atoms with Gasteiger partial charge in [0.05, 0.1) is 19.0 Å². The van der Waals surface area contributed by atoms with E-state index >= 15 is 0 Å². The highest BCUT2D eigenvalue weighted by Crippen LogP contribution is 2.17. The summed E-state index contributed by atoms with van der Waals surface area (Å²) in [6.45, 7) is 3.50. The monoisotopic (exact) mass is 293 g/mol. The van der Waals surface area contributed by atoms with Gasteiger partial charge in [0.15, 0.2) is 4.67 Å². The molecule has 1 fully saturated rings. The molecule has 1 unspecified atom stereocenters. The highest BCUT2D eigenvalue weighted by molar-refractivity contribution is 9.10. The van der Waals surface area contributed by atoms with E-state index in [4.69, 9.17) is 20.8 Å². The average molecular weight is 295 g/mol. The normalized spacial score (nSPS) is 23.2. The minimum atomic E-state index is 0.163. The molecule has 0 radical (unpaired) electrons. The quantitative estimate of drug-likeness (QED) is 0.801. The third kappa shape index (κ3) is 3.21. The summed E-state index contributed by atoms with van der Waals surface area (Å²) in [4.78, 5) is 2.33. The summed E-state index contributed by atoms with van der Waals surface area (Å²) >= 11 is 9.07. The standard InChI is InChI=1S/C10H13BrClNO2/c11-10-3-8(7-15-10)5-13-1-2-14-9(4-12)6-13/h3,7,9H,1-2,4-6H2. The highest BCUT2D eigenvalue weighted by Gasteiger charge is 2.19. The van der Waals surface area contributed by atoms with Crippen molar-refractivity contribution in [3.05, 3.63) is 22.6 Å². The van der Waals surface area contributed by atoms with Crippen molar-refractivity contribution in [2.24, 2.45) is 0 Å². The number of morpholine rings is 1. The van der Waals surface area contributed by atoms with Crippen LogP contribution in [-0.2, 0) is 11.3 Å². The zero-order valence-corrected chi connectivity index (χ0v) is 10.6. The van der Waals surface area contributed by atoms with E-state index in [0.717, 1.165) is 30.9 Å². The number of alkyl halides is 1. The van der Waals surface area contributed by atoms with Gasteiger partial charge in [-0.2, -0.15) is 0 Å². The van der Waals surface area contributed by atoms with Crippen LogP contribution in [0, 0.1) is 0 Å². The Morgan fingerprint density at radius 3 is 3.13 bits per heavy atom. The van der Waals surface area contributed by atoms with E-state index in [1.165, 1.54) is 5.56 Å². The van der Waals surface area contributed by atoms with Gasteiger partial charge in [-0.05, 0) is 22.0 Å². The van der Waals surface area contributed by atoms with Crippen LogP contribution in [0.2, 0.25) is 0 Å². The second-order valence-electron chi connectivity index (χ2n) is 3.64. The predicted molar refractivity (Wildman–Crippen MR) is 62.1 cm³/mol. The molecule has 0 amide bonds. The van der Waals surface area contributed by atoms with Crippen molar-refractivity contribution >= 4 is 27.5 Å². The Labute approximate surface area is 102 Å². The van der Waals surface area contributed by atoms with E-state index in [1.807, 2.05) is 6.07 Å². The third-order valence-electron chi connectivity index (χ3n) is 2.42. The SMILES string of the molecule is ClCC1CN(Cc2coc(Br)c2)CCO1. The Bertz CT molecular complexity index is 318. The lowest BCUT2D eigenvalue weighted by molar-refractivity contribution is -0.0194. The van der Waals surface area contributed by atoms with Gasteiger partial charge in [0.1, 0.15) is 0 Å². The number of nitrogens with zero attached hydrogens (tertiary/aromatic N) is 1. The van der Waals surface area contributed by atoms with E-state index in [0.29, 0.717) is 5.88 Å². The van der Waals surface area contributed by atoms with Gasteiger partial charge in [0, 0.05) is 31.1 Å². The number of hydrogen-bond acceptors (Lipinski definition) is 3. The molecule has 1 aliphatic heterocycles. The van der Waals surface area contributed by atoms with Gasteiger partial charge in [-0.25, -0.2) is 0 Å². The number of rotatable bonds is 3. The molecule has 1 atom stereocenters. The van der Waals surface area contributed by atoms with E-state index in [9.17, 15) is 0 Å². The van der Waals surface area contributed by atoms with Crippen molar-refractivity contribution in [3.8, 4) is 0 Å². The summed E-state index contributed by atoms with van der Waals surface area (Å²) in [5.41, 5.74) is 1.18. The van der Waals surface area contributed by atoms with Crippen LogP contribution in [0.15, 0.2) is 21.4 Å². The van der Waals surface area contributed by atoms with Crippen LogP contribution in [-0.4, -0.2) is 36.6 Å². The zero-order chi connectivity index (χ0) is 10.7. The maximum Gasteiger partial charge on any atom is 0.169 e. The Balaban J connectivity index is 1.88. The lowest BCUT2D eigenvalue weighted by Crippen LogP contribution is -2.42. The second kappa shape index (κ2) is 5.34. The van der Waals surface area contributed by atoms with Gasteiger partial charge in [-0.1, -0.05) is 0 Å². The van der Waals surface area contributed by atoms with Gasteiger partial charge in [0.25, 0.3) is 0 Å². The van der Waals surface area contributed by atoms with Crippen LogP contribution in [0.5, 0.6) is 0 Å². The molecule has 0 bridgehead atoms. The summed E-state index contributed by atoms with van der Waals surface area (Å²) in [7, 11) is 0. The molecule has 0 N–H and O–H groups in total. The number of halogens is 2. The molecule has 0 aromatic carbocycles. The highest BCUT2D eigenvalue weighted by atomic mass is 79.9. The van der Waals surface area contributed by atoms with Gasteiger partial charge < -0.3 is 9.15 Å². The summed E-state index contributed by atoms with van der Waals surface area (Å²) < 4.78 is 11.5. The maximum atomic E-state index is 5.78. The first kappa shape index (κ1) is 11.5. The summed E-state index contributed by atoms with van der Waals surface area (Å²) in [5.74, 6) is 0.561. The molecule has 15 heavy (non-hydrogen) atoms. The van der Waals surface area contributed by atoms with E-state index < -0.39 is 0 Å². The smallest absolute Gasteiger partial charge is 0.169 e. The molecule has 2 heterocycles. The van der Waals surface area contributed by atoms with E-state index in [2.05, 4.69) is 20.8 Å². The Hall–Kier alpha value is -0.0300. The van der Waals surface area contributed by atoms with Crippen molar-refractivity contribution in [2.45, 2.75) is 12.6 Å². The fraction of sp³-hybridized carbons (Fsp3) is 0.600. The predicted octanol–water partition coefficient (Wildman–Crippen LogP) is 2.48. The summed E-state index contributed by atoms with van der Waals surface area (Å²) in [5, 5.41) is 0. The first-order valence-corrected chi connectivity index (χ1v) is 6.23. The summed E-state index contributed by atoms with van der Waals surface area (Å²) in [6, 6.07) is 1.99. The average Bonchev–Trinajstić information content (AvgIpc) is 2.64. The van der Waals surface area contributed by atoms with Crippen LogP contribution in [0.1, 0.15) is 5.56 Å². The Morgan fingerprint density at radius 1 is 1.60 bits per heavy atom. The molecule has 1 saturated heterocycles. The molecular weight excluding hydrogens is 281 g/mol. The first-order chi connectivity index (χ1) is 7.28. The van der Waals surface area contributed by atoms with Crippen molar-refractivity contribution in [3.63, 3.8) is 0 Å². The molecule has 3 nitrogen and oxygen atoms in total. The first-order valence-electron chi connectivity index (χ1n) is 4.91. The van der Waals surface area contributed by atoms with Crippen molar-refractivity contribution in [1.29, 1.82) is 0 Å². The lowest BCUT2D eigenvalue weighted by Gasteiger charge is -2.31. The number of ether oxygens (including phenoxy) is 1. The molecule has 0 spiro atoms. The molecular formula is C10H13BrClNO2. The minimum absolute atomic E-state index is 0.163. The van der Waals surface area contributed by atoms with Gasteiger partial charge in [-0.3, -0.25) is 4.90 Å². The lowest BCUT2D eigenvalue weighted by atomic mass is 10.2. The van der Waals surface area contributed by atoms with Crippen LogP contribution in [0.3, 0.4) is 0 Å². The number of furan rings is 1. The maximum absolute atomic E-state index is 5.78. The summed E-state index contributed by atoms with van der Waals surface area (Å²) in [6.07, 6.45) is 1.94. The molecule has 84 valence electrons. The molecule has 2 rings (SSSR count). The van der Waals surface area contributed by atoms with Crippen LogP contribution < -0.4 is 0 Å². The topological polar surface area (TPSA) is 25.6 Å². The van der Waals surface area contributed by atoms with Gasteiger partial charge in [-0.15, -0.1) is 11.6 Å².